The summed E-state index contributed by atoms with van der Waals surface area (Å²) in [5.74, 6) is 0.675. The molecule has 0 radical (unpaired) electrons. The topological polar surface area (TPSA) is 17.3 Å². The van der Waals surface area contributed by atoms with E-state index in [0.717, 1.165) is 15.8 Å². The summed E-state index contributed by atoms with van der Waals surface area (Å²) >= 11 is 7.59. The number of thiol groups is 1. The highest BCUT2D eigenvalue weighted by molar-refractivity contribution is 9.10. The summed E-state index contributed by atoms with van der Waals surface area (Å²) in [5, 5.41) is 0. The Hall–Kier alpha value is -0.480. The maximum atomic E-state index is 4.37. The van der Waals surface area contributed by atoms with Crippen LogP contribution in [0.25, 0.3) is 5.65 Å². The van der Waals surface area contributed by atoms with E-state index in [4.69, 9.17) is 0 Å². The van der Waals surface area contributed by atoms with Crippen LogP contribution >= 0.6 is 28.6 Å². The quantitative estimate of drug-likeness (QED) is 0.762. The predicted molar refractivity (Wildman–Crippen MR) is 55.6 cm³/mol. The molecule has 0 aliphatic rings. The molecule has 2 nitrogen and oxygen atoms in total. The molecular formula is C8H7BrN2S. The van der Waals surface area contributed by atoms with E-state index in [-0.39, 0.29) is 0 Å². The smallest absolute Gasteiger partial charge is 0.151 e. The summed E-state index contributed by atoms with van der Waals surface area (Å²) in [5.41, 5.74) is 1.94. The minimum Gasteiger partial charge on any atom is -0.306 e. The van der Waals surface area contributed by atoms with Gasteiger partial charge in [-0.25, -0.2) is 4.98 Å². The van der Waals surface area contributed by atoms with Gasteiger partial charge in [0.25, 0.3) is 0 Å². The molecule has 0 atom stereocenters. The first-order valence-corrected chi connectivity index (χ1v) is 4.97. The molecule has 62 valence electrons. The van der Waals surface area contributed by atoms with E-state index in [1.165, 1.54) is 0 Å². The Bertz CT molecular complexity index is 410. The van der Waals surface area contributed by atoms with Crippen LogP contribution in [-0.2, 0) is 5.75 Å². The summed E-state index contributed by atoms with van der Waals surface area (Å²) in [6.45, 7) is 0. The molecule has 2 rings (SSSR count). The first-order valence-electron chi connectivity index (χ1n) is 3.54. The van der Waals surface area contributed by atoms with Gasteiger partial charge in [0.05, 0.1) is 10.2 Å². The number of hydrogen-bond donors (Lipinski definition) is 1. The first kappa shape index (κ1) is 8.13. The highest BCUT2D eigenvalue weighted by atomic mass is 79.9. The third kappa shape index (κ3) is 1.25. The summed E-state index contributed by atoms with van der Waals surface area (Å²) < 4.78 is 2.99. The number of imidazole rings is 1. The van der Waals surface area contributed by atoms with Crippen molar-refractivity contribution < 1.29 is 0 Å². The third-order valence-corrected chi connectivity index (χ3v) is 2.59. The molecule has 0 saturated heterocycles. The average Bonchev–Trinajstić information content (AvgIpc) is 2.49. The lowest BCUT2D eigenvalue weighted by atomic mass is 10.5. The standard InChI is InChI=1S/C8H7BrN2S/c9-7-2-1-3-11-4-6(5-12)10-8(7)11/h1-4,12H,5H2. The van der Waals surface area contributed by atoms with Gasteiger partial charge < -0.3 is 4.40 Å². The lowest BCUT2D eigenvalue weighted by Gasteiger charge is -1.92. The van der Waals surface area contributed by atoms with E-state index >= 15 is 0 Å². The van der Waals surface area contributed by atoms with E-state index in [2.05, 4.69) is 33.5 Å². The fraction of sp³-hybridized carbons (Fsp3) is 0.125. The van der Waals surface area contributed by atoms with E-state index in [0.29, 0.717) is 5.75 Å². The summed E-state index contributed by atoms with van der Waals surface area (Å²) in [4.78, 5) is 4.37. The van der Waals surface area contributed by atoms with Crippen LogP contribution in [0, 0.1) is 0 Å². The highest BCUT2D eigenvalue weighted by Crippen LogP contribution is 2.17. The maximum absolute atomic E-state index is 4.37. The number of rotatable bonds is 1. The summed E-state index contributed by atoms with van der Waals surface area (Å²) in [6.07, 6.45) is 3.95. The molecule has 0 bridgehead atoms. The number of pyridine rings is 1. The Morgan fingerprint density at radius 3 is 3.08 bits per heavy atom. The van der Waals surface area contributed by atoms with E-state index in [1.807, 2.05) is 28.9 Å². The second kappa shape index (κ2) is 3.11. The van der Waals surface area contributed by atoms with Gasteiger partial charge in [0.15, 0.2) is 5.65 Å². The van der Waals surface area contributed by atoms with Crippen molar-refractivity contribution in [3.63, 3.8) is 0 Å². The molecule has 0 fully saturated rings. The van der Waals surface area contributed by atoms with Crippen LogP contribution in [0.5, 0.6) is 0 Å². The third-order valence-electron chi connectivity index (χ3n) is 1.65. The molecule has 0 aliphatic heterocycles. The van der Waals surface area contributed by atoms with Crippen molar-refractivity contribution >= 4 is 34.2 Å². The number of fused-ring (bicyclic) bond motifs is 1. The Morgan fingerprint density at radius 2 is 2.42 bits per heavy atom. The maximum Gasteiger partial charge on any atom is 0.151 e. The Labute approximate surface area is 84.2 Å². The fourth-order valence-electron chi connectivity index (χ4n) is 1.11. The lowest BCUT2D eigenvalue weighted by molar-refractivity contribution is 1.18. The zero-order chi connectivity index (χ0) is 8.55. The summed E-state index contributed by atoms with van der Waals surface area (Å²) in [6, 6.07) is 3.95. The second-order valence-electron chi connectivity index (χ2n) is 2.48. The van der Waals surface area contributed by atoms with Crippen LogP contribution in [0.15, 0.2) is 29.0 Å². The molecule has 0 amide bonds. The number of hydrogen-bond acceptors (Lipinski definition) is 2. The molecule has 0 aliphatic carbocycles. The summed E-state index contributed by atoms with van der Waals surface area (Å²) in [7, 11) is 0. The van der Waals surface area contributed by atoms with Crippen molar-refractivity contribution in [3.05, 3.63) is 34.7 Å². The van der Waals surface area contributed by atoms with Crippen molar-refractivity contribution in [3.8, 4) is 0 Å². The highest BCUT2D eigenvalue weighted by Gasteiger charge is 2.01. The van der Waals surface area contributed by atoms with Crippen molar-refractivity contribution in [1.29, 1.82) is 0 Å². The van der Waals surface area contributed by atoms with Crippen LogP contribution in [-0.4, -0.2) is 9.38 Å². The van der Waals surface area contributed by atoms with Gasteiger partial charge in [-0.3, -0.25) is 0 Å². The molecule has 0 spiro atoms. The van der Waals surface area contributed by atoms with Crippen LogP contribution < -0.4 is 0 Å². The molecule has 12 heavy (non-hydrogen) atoms. The van der Waals surface area contributed by atoms with Gasteiger partial charge in [-0.05, 0) is 28.1 Å². The van der Waals surface area contributed by atoms with E-state index in [1.54, 1.807) is 0 Å². The molecule has 0 aromatic carbocycles. The van der Waals surface area contributed by atoms with Gasteiger partial charge in [-0.1, -0.05) is 0 Å². The molecule has 2 heterocycles. The van der Waals surface area contributed by atoms with Crippen molar-refractivity contribution in [2.45, 2.75) is 5.75 Å². The minimum atomic E-state index is 0.675. The molecule has 0 saturated carbocycles. The lowest BCUT2D eigenvalue weighted by Crippen LogP contribution is -1.80. The van der Waals surface area contributed by atoms with Gasteiger partial charge in [-0.15, -0.1) is 0 Å². The molecule has 2 aromatic heterocycles. The van der Waals surface area contributed by atoms with Gasteiger partial charge in [0.1, 0.15) is 0 Å². The zero-order valence-corrected chi connectivity index (χ0v) is 8.72. The van der Waals surface area contributed by atoms with Crippen molar-refractivity contribution in [1.82, 2.24) is 9.38 Å². The monoisotopic (exact) mass is 242 g/mol. The largest absolute Gasteiger partial charge is 0.306 e. The second-order valence-corrected chi connectivity index (χ2v) is 3.65. The van der Waals surface area contributed by atoms with Crippen LogP contribution in [0.4, 0.5) is 0 Å². The zero-order valence-electron chi connectivity index (χ0n) is 6.24. The van der Waals surface area contributed by atoms with Gasteiger partial charge in [0, 0.05) is 18.1 Å². The van der Waals surface area contributed by atoms with E-state index in [9.17, 15) is 0 Å². The minimum absolute atomic E-state index is 0.675. The molecule has 0 N–H and O–H groups in total. The molecular weight excluding hydrogens is 236 g/mol. The average molecular weight is 243 g/mol. The predicted octanol–water partition coefficient (Wildman–Crippen LogP) is 2.53. The molecule has 4 heteroatoms. The van der Waals surface area contributed by atoms with Crippen molar-refractivity contribution in [2.24, 2.45) is 0 Å². The van der Waals surface area contributed by atoms with Gasteiger partial charge >= 0.3 is 0 Å². The Morgan fingerprint density at radius 1 is 1.58 bits per heavy atom. The number of nitrogens with zero attached hydrogens (tertiary/aromatic N) is 2. The van der Waals surface area contributed by atoms with Gasteiger partial charge in [-0.2, -0.15) is 12.6 Å². The fourth-order valence-corrected chi connectivity index (χ4v) is 1.70. The normalized spacial score (nSPS) is 10.8. The van der Waals surface area contributed by atoms with Crippen LogP contribution in [0.1, 0.15) is 5.69 Å². The Kier molecular flexibility index (Phi) is 2.11. The number of halogens is 1. The van der Waals surface area contributed by atoms with Crippen LogP contribution in [0.3, 0.4) is 0 Å². The van der Waals surface area contributed by atoms with Crippen molar-refractivity contribution in [2.75, 3.05) is 0 Å². The first-order chi connectivity index (χ1) is 5.81. The molecule has 0 unspecified atom stereocenters. The van der Waals surface area contributed by atoms with E-state index < -0.39 is 0 Å². The SMILES string of the molecule is SCc1cn2cccc(Br)c2n1. The molecule has 2 aromatic rings. The number of aromatic nitrogens is 2. The Balaban J connectivity index is 2.74. The van der Waals surface area contributed by atoms with Gasteiger partial charge in [0.2, 0.25) is 0 Å². The van der Waals surface area contributed by atoms with Crippen LogP contribution in [0.2, 0.25) is 0 Å².